The van der Waals surface area contributed by atoms with Crippen LogP contribution >= 0.6 is 11.3 Å². The van der Waals surface area contributed by atoms with Gasteiger partial charge in [0.1, 0.15) is 6.54 Å². The largest absolute Gasteiger partial charge is 0.332 e. The SMILES string of the molecule is CN1CCC2C=CC(c3csc(NC(=O)Cn4cnc5c4c(=O)n(C)c(=O)n5C)n3)=CC21. The molecule has 11 heteroatoms. The average Bonchev–Trinajstić information content (AvgIpc) is 3.50. The summed E-state index contributed by atoms with van der Waals surface area (Å²) in [5.74, 6) is 0.226. The Morgan fingerprint density at radius 3 is 2.88 bits per heavy atom. The quantitative estimate of drug-likeness (QED) is 0.626. The molecule has 2 unspecified atom stereocenters. The van der Waals surface area contributed by atoms with Crippen LogP contribution in [0.5, 0.6) is 0 Å². The topological polar surface area (TPSA) is 107 Å². The van der Waals surface area contributed by atoms with Crippen LogP contribution in [0.25, 0.3) is 16.7 Å². The summed E-state index contributed by atoms with van der Waals surface area (Å²) in [6.07, 6.45) is 9.16. The van der Waals surface area contributed by atoms with E-state index in [1.165, 1.54) is 40.3 Å². The number of thiazole rings is 1. The summed E-state index contributed by atoms with van der Waals surface area (Å²) in [5, 5.41) is 5.22. The first-order valence-electron chi connectivity index (χ1n) is 10.3. The summed E-state index contributed by atoms with van der Waals surface area (Å²) in [6, 6.07) is 0.392. The van der Waals surface area contributed by atoms with Crippen LogP contribution in [0.15, 0.2) is 39.5 Å². The molecule has 1 aliphatic carbocycles. The number of amides is 1. The Morgan fingerprint density at radius 2 is 2.06 bits per heavy atom. The summed E-state index contributed by atoms with van der Waals surface area (Å²) < 4.78 is 3.74. The van der Waals surface area contributed by atoms with Crippen LogP contribution in [0.2, 0.25) is 0 Å². The number of anilines is 1. The van der Waals surface area contributed by atoms with E-state index in [0.717, 1.165) is 22.4 Å². The monoisotopic (exact) mass is 453 g/mol. The minimum atomic E-state index is -0.490. The zero-order valence-corrected chi connectivity index (χ0v) is 18.8. The predicted octanol–water partition coefficient (Wildman–Crippen LogP) is 0.802. The maximum absolute atomic E-state index is 12.6. The minimum Gasteiger partial charge on any atom is -0.315 e. The van der Waals surface area contributed by atoms with Gasteiger partial charge in [0.25, 0.3) is 5.56 Å². The van der Waals surface area contributed by atoms with Crippen LogP contribution in [0, 0.1) is 5.92 Å². The van der Waals surface area contributed by atoms with E-state index < -0.39 is 11.2 Å². The van der Waals surface area contributed by atoms with Gasteiger partial charge in [0.15, 0.2) is 16.3 Å². The highest BCUT2D eigenvalue weighted by atomic mass is 32.1. The van der Waals surface area contributed by atoms with Gasteiger partial charge in [-0.05, 0) is 31.5 Å². The Balaban J connectivity index is 1.34. The molecule has 3 aromatic rings. The zero-order chi connectivity index (χ0) is 22.6. The highest BCUT2D eigenvalue weighted by Crippen LogP contribution is 2.33. The van der Waals surface area contributed by atoms with Crippen molar-refractivity contribution >= 4 is 39.1 Å². The van der Waals surface area contributed by atoms with Crippen molar-refractivity contribution in [1.82, 2.24) is 28.6 Å². The lowest BCUT2D eigenvalue weighted by Gasteiger charge is -2.23. The second kappa shape index (κ2) is 7.68. The lowest BCUT2D eigenvalue weighted by molar-refractivity contribution is -0.116. The average molecular weight is 454 g/mol. The molecule has 0 spiro atoms. The molecule has 1 saturated heterocycles. The van der Waals surface area contributed by atoms with E-state index in [9.17, 15) is 14.4 Å². The molecule has 2 atom stereocenters. The number of likely N-dealkylation sites (N-methyl/N-ethyl adjacent to an activating group) is 1. The Bertz CT molecular complexity index is 1410. The molecule has 1 fully saturated rings. The second-order valence-electron chi connectivity index (χ2n) is 8.24. The van der Waals surface area contributed by atoms with Crippen LogP contribution in [-0.2, 0) is 25.4 Å². The summed E-state index contributed by atoms with van der Waals surface area (Å²) in [7, 11) is 5.08. The van der Waals surface area contributed by atoms with Gasteiger partial charge in [0.2, 0.25) is 5.91 Å². The van der Waals surface area contributed by atoms with Gasteiger partial charge in [0.05, 0.1) is 12.0 Å². The number of hydrogen-bond donors (Lipinski definition) is 1. The first-order chi connectivity index (χ1) is 15.3. The summed E-state index contributed by atoms with van der Waals surface area (Å²) in [5.41, 5.74) is 1.38. The summed E-state index contributed by atoms with van der Waals surface area (Å²) in [4.78, 5) is 48.3. The molecule has 32 heavy (non-hydrogen) atoms. The number of carbonyl (C=O) groups is 1. The van der Waals surface area contributed by atoms with Crippen LogP contribution in [0.3, 0.4) is 0 Å². The molecule has 0 bridgehead atoms. The number of carbonyl (C=O) groups excluding carboxylic acids is 1. The van der Waals surface area contributed by atoms with Crippen molar-refractivity contribution in [3.05, 3.63) is 56.5 Å². The number of aryl methyl sites for hydroxylation is 1. The summed E-state index contributed by atoms with van der Waals surface area (Å²) >= 11 is 1.36. The smallest absolute Gasteiger partial charge is 0.315 e. The lowest BCUT2D eigenvalue weighted by atomic mass is 9.91. The minimum absolute atomic E-state index is 0.115. The van der Waals surface area contributed by atoms with Crippen molar-refractivity contribution in [2.24, 2.45) is 20.0 Å². The van der Waals surface area contributed by atoms with Gasteiger partial charge < -0.3 is 9.88 Å². The van der Waals surface area contributed by atoms with Crippen LogP contribution in [0.4, 0.5) is 5.13 Å². The number of allylic oxidation sites excluding steroid dienone is 2. The third kappa shape index (κ3) is 3.33. The Kier molecular flexibility index (Phi) is 4.94. The fourth-order valence-electron chi connectivity index (χ4n) is 4.39. The predicted molar refractivity (Wildman–Crippen MR) is 123 cm³/mol. The maximum atomic E-state index is 12.6. The highest BCUT2D eigenvalue weighted by molar-refractivity contribution is 7.14. The Morgan fingerprint density at radius 1 is 1.25 bits per heavy atom. The molecule has 4 heterocycles. The molecule has 0 aromatic carbocycles. The molecule has 0 radical (unpaired) electrons. The summed E-state index contributed by atoms with van der Waals surface area (Å²) in [6.45, 7) is 0.970. The van der Waals surface area contributed by atoms with Gasteiger partial charge in [-0.3, -0.25) is 23.6 Å². The van der Waals surface area contributed by atoms with E-state index in [4.69, 9.17) is 0 Å². The van der Waals surface area contributed by atoms with E-state index in [1.807, 2.05) is 5.38 Å². The first kappa shape index (κ1) is 20.6. The molecule has 2 aliphatic rings. The zero-order valence-electron chi connectivity index (χ0n) is 18.0. The Labute approximate surface area is 187 Å². The van der Waals surface area contributed by atoms with E-state index in [-0.39, 0.29) is 23.6 Å². The molecule has 1 aliphatic heterocycles. The number of rotatable bonds is 4. The van der Waals surface area contributed by atoms with Gasteiger partial charge in [-0.15, -0.1) is 11.3 Å². The number of nitrogens with zero attached hydrogens (tertiary/aromatic N) is 6. The van der Waals surface area contributed by atoms with E-state index in [2.05, 4.69) is 45.5 Å². The van der Waals surface area contributed by atoms with Crippen molar-refractivity contribution in [1.29, 1.82) is 0 Å². The first-order valence-corrected chi connectivity index (χ1v) is 11.2. The lowest BCUT2D eigenvalue weighted by Crippen LogP contribution is -2.37. The van der Waals surface area contributed by atoms with E-state index >= 15 is 0 Å². The normalized spacial score (nSPS) is 20.5. The number of fused-ring (bicyclic) bond motifs is 2. The number of aromatic nitrogens is 5. The van der Waals surface area contributed by atoms with E-state index in [1.54, 1.807) is 7.05 Å². The fourth-order valence-corrected chi connectivity index (χ4v) is 5.13. The van der Waals surface area contributed by atoms with Gasteiger partial charge in [-0.25, -0.2) is 14.8 Å². The molecule has 1 amide bonds. The molecular weight excluding hydrogens is 430 g/mol. The maximum Gasteiger partial charge on any atom is 0.332 e. The van der Waals surface area contributed by atoms with Crippen molar-refractivity contribution in [2.45, 2.75) is 19.0 Å². The highest BCUT2D eigenvalue weighted by Gasteiger charge is 2.30. The standard InChI is InChI=1S/C21H23N7O3S/c1-25-7-6-12-4-5-13(8-15(12)25)14-10-32-20(23-14)24-16(29)9-28-11-22-18-17(28)19(30)27(3)21(31)26(18)2/h4-5,8,10-12,15H,6-7,9H2,1-3H3,(H,23,24,29). The molecule has 0 saturated carbocycles. The molecule has 5 rings (SSSR count). The van der Waals surface area contributed by atoms with Gasteiger partial charge >= 0.3 is 5.69 Å². The number of hydrogen-bond acceptors (Lipinski definition) is 7. The number of imidazole rings is 1. The Hall–Kier alpha value is -3.31. The third-order valence-electron chi connectivity index (χ3n) is 6.21. The molecule has 1 N–H and O–H groups in total. The third-order valence-corrected chi connectivity index (χ3v) is 6.97. The fraction of sp³-hybridized carbons (Fsp3) is 0.381. The molecular formula is C21H23N7O3S. The molecule has 10 nitrogen and oxygen atoms in total. The van der Waals surface area contributed by atoms with E-state index in [0.29, 0.717) is 17.1 Å². The van der Waals surface area contributed by atoms with Crippen molar-refractivity contribution in [3.63, 3.8) is 0 Å². The number of likely N-dealkylation sites (tertiary alicyclic amines) is 1. The molecule has 166 valence electrons. The molecule has 3 aromatic heterocycles. The van der Waals surface area contributed by atoms with Gasteiger partial charge in [-0.2, -0.15) is 0 Å². The number of nitrogens with one attached hydrogen (secondary N) is 1. The van der Waals surface area contributed by atoms with Crippen molar-refractivity contribution in [3.8, 4) is 0 Å². The van der Waals surface area contributed by atoms with Crippen molar-refractivity contribution < 1.29 is 4.79 Å². The van der Waals surface area contributed by atoms with Gasteiger partial charge in [-0.1, -0.05) is 18.2 Å². The second-order valence-corrected chi connectivity index (χ2v) is 9.10. The van der Waals surface area contributed by atoms with Crippen LogP contribution in [-0.4, -0.2) is 54.1 Å². The van der Waals surface area contributed by atoms with Crippen LogP contribution < -0.4 is 16.6 Å². The van der Waals surface area contributed by atoms with Gasteiger partial charge in [0, 0.05) is 25.5 Å². The van der Waals surface area contributed by atoms with Crippen LogP contribution in [0.1, 0.15) is 12.1 Å². The van der Waals surface area contributed by atoms with Crippen molar-refractivity contribution in [2.75, 3.05) is 18.9 Å².